The second-order valence-electron chi connectivity index (χ2n) is 6.71. The molecule has 122 valence electrons. The Kier molecular flexibility index (Phi) is 3.84. The number of urea groups is 1. The summed E-state index contributed by atoms with van der Waals surface area (Å²) >= 11 is 0. The maximum atomic E-state index is 12.7. The van der Waals surface area contributed by atoms with Gasteiger partial charge in [0, 0.05) is 25.7 Å². The first-order valence-electron chi connectivity index (χ1n) is 8.12. The molecule has 1 spiro atoms. The number of amides is 4. The maximum Gasteiger partial charge on any atom is 0.325 e. The van der Waals surface area contributed by atoms with E-state index in [-0.39, 0.29) is 17.9 Å². The largest absolute Gasteiger partial charge is 0.338 e. The summed E-state index contributed by atoms with van der Waals surface area (Å²) in [4.78, 5) is 40.5. The number of rotatable bonds is 2. The van der Waals surface area contributed by atoms with Crippen LogP contribution in [0.15, 0.2) is 0 Å². The van der Waals surface area contributed by atoms with Gasteiger partial charge in [0.05, 0.1) is 0 Å². The lowest BCUT2D eigenvalue weighted by Gasteiger charge is -2.35. The van der Waals surface area contributed by atoms with E-state index >= 15 is 0 Å². The van der Waals surface area contributed by atoms with Crippen molar-refractivity contribution >= 4 is 17.8 Å². The molecule has 2 atom stereocenters. The molecule has 3 fully saturated rings. The van der Waals surface area contributed by atoms with Crippen molar-refractivity contribution in [1.82, 2.24) is 20.4 Å². The SMILES string of the molecule is CC1CN(C(=O)C(C)N2C(=O)NC3(CCCC3)C2=O)CCN1. The van der Waals surface area contributed by atoms with Gasteiger partial charge < -0.3 is 15.5 Å². The third-order valence-electron chi connectivity index (χ3n) is 5.08. The molecule has 2 unspecified atom stereocenters. The molecule has 22 heavy (non-hydrogen) atoms. The first-order valence-corrected chi connectivity index (χ1v) is 8.12. The van der Waals surface area contributed by atoms with Gasteiger partial charge in [0.25, 0.3) is 5.91 Å². The molecule has 7 heteroatoms. The van der Waals surface area contributed by atoms with Crippen LogP contribution in [-0.4, -0.2) is 64.9 Å². The van der Waals surface area contributed by atoms with Gasteiger partial charge in [0.15, 0.2) is 0 Å². The minimum atomic E-state index is -0.748. The molecule has 4 amide bonds. The Hall–Kier alpha value is -1.63. The Morgan fingerprint density at radius 1 is 1.32 bits per heavy atom. The average Bonchev–Trinajstić information content (AvgIpc) is 3.04. The molecule has 7 nitrogen and oxygen atoms in total. The number of carbonyl (C=O) groups is 3. The molecule has 2 N–H and O–H groups in total. The van der Waals surface area contributed by atoms with E-state index in [9.17, 15) is 14.4 Å². The Morgan fingerprint density at radius 3 is 2.64 bits per heavy atom. The minimum absolute atomic E-state index is 0.146. The summed E-state index contributed by atoms with van der Waals surface area (Å²) in [5.74, 6) is -0.370. The van der Waals surface area contributed by atoms with Crippen LogP contribution in [0.25, 0.3) is 0 Å². The highest BCUT2D eigenvalue weighted by Crippen LogP contribution is 2.35. The first kappa shape index (κ1) is 15.3. The number of nitrogens with zero attached hydrogens (tertiary/aromatic N) is 2. The van der Waals surface area contributed by atoms with Gasteiger partial charge in [-0.2, -0.15) is 0 Å². The summed E-state index contributed by atoms with van der Waals surface area (Å²) in [6.45, 7) is 5.63. The van der Waals surface area contributed by atoms with Crippen LogP contribution in [0.3, 0.4) is 0 Å². The highest BCUT2D eigenvalue weighted by Gasteiger charge is 2.54. The smallest absolute Gasteiger partial charge is 0.325 e. The predicted octanol–water partition coefficient (Wildman–Crippen LogP) is 0.0598. The third-order valence-corrected chi connectivity index (χ3v) is 5.08. The maximum absolute atomic E-state index is 12.7. The Bertz CT molecular complexity index is 501. The number of piperazine rings is 1. The fraction of sp³-hybridized carbons (Fsp3) is 0.800. The average molecular weight is 308 g/mol. The summed E-state index contributed by atoms with van der Waals surface area (Å²) in [7, 11) is 0. The zero-order valence-corrected chi connectivity index (χ0v) is 13.2. The zero-order chi connectivity index (χ0) is 15.9. The Labute approximate surface area is 130 Å². The van der Waals surface area contributed by atoms with Crippen LogP contribution in [0, 0.1) is 0 Å². The van der Waals surface area contributed by atoms with E-state index in [0.29, 0.717) is 25.9 Å². The molecular weight excluding hydrogens is 284 g/mol. The van der Waals surface area contributed by atoms with Gasteiger partial charge in [-0.15, -0.1) is 0 Å². The highest BCUT2D eigenvalue weighted by molar-refractivity contribution is 6.09. The van der Waals surface area contributed by atoms with E-state index in [1.807, 2.05) is 6.92 Å². The number of imide groups is 1. The molecule has 0 radical (unpaired) electrons. The molecule has 3 rings (SSSR count). The van der Waals surface area contributed by atoms with Crippen molar-refractivity contribution in [2.45, 2.75) is 57.2 Å². The zero-order valence-electron chi connectivity index (χ0n) is 13.2. The second-order valence-corrected chi connectivity index (χ2v) is 6.71. The van der Waals surface area contributed by atoms with Crippen molar-refractivity contribution in [3.63, 3.8) is 0 Å². The molecule has 2 aliphatic heterocycles. The van der Waals surface area contributed by atoms with E-state index < -0.39 is 17.6 Å². The topological polar surface area (TPSA) is 81.8 Å². The number of nitrogens with one attached hydrogen (secondary N) is 2. The lowest BCUT2D eigenvalue weighted by atomic mass is 9.97. The summed E-state index contributed by atoms with van der Waals surface area (Å²) in [5, 5.41) is 6.11. The summed E-state index contributed by atoms with van der Waals surface area (Å²) in [6.07, 6.45) is 3.24. The van der Waals surface area contributed by atoms with Gasteiger partial charge in [-0.05, 0) is 26.7 Å². The number of hydrogen-bond acceptors (Lipinski definition) is 4. The van der Waals surface area contributed by atoms with Crippen LogP contribution < -0.4 is 10.6 Å². The van der Waals surface area contributed by atoms with Crippen LogP contribution in [0.1, 0.15) is 39.5 Å². The molecule has 0 aromatic heterocycles. The van der Waals surface area contributed by atoms with Gasteiger partial charge in [0.2, 0.25) is 5.91 Å². The van der Waals surface area contributed by atoms with Gasteiger partial charge in [-0.3, -0.25) is 9.59 Å². The molecule has 0 aromatic rings. The quantitative estimate of drug-likeness (QED) is 0.707. The molecule has 2 heterocycles. The highest BCUT2D eigenvalue weighted by atomic mass is 16.2. The Balaban J connectivity index is 1.74. The summed E-state index contributed by atoms with van der Waals surface area (Å²) in [5.41, 5.74) is -0.748. The first-order chi connectivity index (χ1) is 10.4. The lowest BCUT2D eigenvalue weighted by molar-refractivity contribution is -0.143. The number of hydrogen-bond donors (Lipinski definition) is 2. The van der Waals surface area contributed by atoms with Gasteiger partial charge in [0.1, 0.15) is 11.6 Å². The summed E-state index contributed by atoms with van der Waals surface area (Å²) < 4.78 is 0. The molecule has 1 aliphatic carbocycles. The van der Waals surface area contributed by atoms with Crippen LogP contribution in [-0.2, 0) is 9.59 Å². The predicted molar refractivity (Wildman–Crippen MR) is 80.1 cm³/mol. The number of carbonyl (C=O) groups excluding carboxylic acids is 3. The van der Waals surface area contributed by atoms with Crippen molar-refractivity contribution in [2.75, 3.05) is 19.6 Å². The molecule has 1 saturated carbocycles. The van der Waals surface area contributed by atoms with Gasteiger partial charge >= 0.3 is 6.03 Å². The minimum Gasteiger partial charge on any atom is -0.338 e. The van der Waals surface area contributed by atoms with Crippen LogP contribution in [0.5, 0.6) is 0 Å². The Morgan fingerprint density at radius 2 is 2.00 bits per heavy atom. The fourth-order valence-corrected chi connectivity index (χ4v) is 3.82. The lowest BCUT2D eigenvalue weighted by Crippen LogP contribution is -2.57. The summed E-state index contributed by atoms with van der Waals surface area (Å²) in [6, 6.07) is -0.928. The molecule has 2 saturated heterocycles. The molecule has 0 aromatic carbocycles. The van der Waals surface area contributed by atoms with E-state index in [0.717, 1.165) is 24.3 Å². The van der Waals surface area contributed by atoms with E-state index in [1.165, 1.54) is 0 Å². The van der Waals surface area contributed by atoms with Gasteiger partial charge in [-0.25, -0.2) is 9.69 Å². The monoisotopic (exact) mass is 308 g/mol. The van der Waals surface area contributed by atoms with E-state index in [4.69, 9.17) is 0 Å². The third kappa shape index (κ3) is 2.37. The molecule has 0 bridgehead atoms. The van der Waals surface area contributed by atoms with Gasteiger partial charge in [-0.1, -0.05) is 12.8 Å². The van der Waals surface area contributed by atoms with Crippen molar-refractivity contribution in [3.8, 4) is 0 Å². The van der Waals surface area contributed by atoms with Crippen molar-refractivity contribution < 1.29 is 14.4 Å². The van der Waals surface area contributed by atoms with Crippen molar-refractivity contribution in [1.29, 1.82) is 0 Å². The normalized spacial score (nSPS) is 29.1. The standard InChI is InChI=1S/C15H24N4O3/c1-10-9-18(8-7-16-10)12(20)11(2)19-13(21)15(17-14(19)22)5-3-4-6-15/h10-11,16H,3-9H2,1-2H3,(H,17,22). The van der Waals surface area contributed by atoms with Crippen molar-refractivity contribution in [3.05, 3.63) is 0 Å². The van der Waals surface area contributed by atoms with Crippen molar-refractivity contribution in [2.24, 2.45) is 0 Å². The van der Waals surface area contributed by atoms with E-state index in [1.54, 1.807) is 11.8 Å². The molecule has 3 aliphatic rings. The van der Waals surface area contributed by atoms with Crippen LogP contribution in [0.4, 0.5) is 4.79 Å². The van der Waals surface area contributed by atoms with Crippen LogP contribution >= 0.6 is 0 Å². The van der Waals surface area contributed by atoms with Crippen LogP contribution in [0.2, 0.25) is 0 Å². The van der Waals surface area contributed by atoms with E-state index in [2.05, 4.69) is 10.6 Å². The fourth-order valence-electron chi connectivity index (χ4n) is 3.82. The molecular formula is C15H24N4O3. The second kappa shape index (κ2) is 5.53.